The standard InChI is InChI=1S/C16H14O3.Ca.2H/c1-11(16(18)19)13-8-5-9-14(10-13)15(17)12-6-3-2-4-7-12;;;/h2-11H,1H3,(H,18,19);;;/q;+2;2*-1/t11-;;;/m0.../s1. The van der Waals surface area contributed by atoms with Gasteiger partial charge in [0.1, 0.15) is 0 Å². The molecule has 0 aliphatic rings. The van der Waals surface area contributed by atoms with Gasteiger partial charge < -0.3 is 7.96 Å². The first-order chi connectivity index (χ1) is 9.09. The number of benzene rings is 2. The molecule has 0 aromatic heterocycles. The molecule has 0 radical (unpaired) electrons. The van der Waals surface area contributed by atoms with E-state index < -0.39 is 11.9 Å². The molecule has 1 N–H and O–H groups in total. The van der Waals surface area contributed by atoms with Crippen molar-refractivity contribution < 1.29 is 17.5 Å². The van der Waals surface area contributed by atoms with E-state index in [1.165, 1.54) is 0 Å². The fraction of sp³-hybridized carbons (Fsp3) is 0.125. The van der Waals surface area contributed by atoms with Gasteiger partial charge in [-0.05, 0) is 18.6 Å². The summed E-state index contributed by atoms with van der Waals surface area (Å²) in [6.07, 6.45) is 0. The average molecular weight is 296 g/mol. The van der Waals surface area contributed by atoms with Crippen molar-refractivity contribution >= 4 is 49.5 Å². The van der Waals surface area contributed by atoms with Crippen molar-refractivity contribution in [3.63, 3.8) is 0 Å². The Bertz CT molecular complexity index is 618. The van der Waals surface area contributed by atoms with Gasteiger partial charge in [0.05, 0.1) is 5.92 Å². The summed E-state index contributed by atoms with van der Waals surface area (Å²) in [5.74, 6) is -1.62. The predicted octanol–water partition coefficient (Wildman–Crippen LogP) is 2.95. The largest absolute Gasteiger partial charge is 2.00 e. The number of ketones is 1. The second-order valence-corrected chi connectivity index (χ2v) is 4.38. The average Bonchev–Trinajstić information content (AvgIpc) is 2.46. The third kappa shape index (κ3) is 3.92. The van der Waals surface area contributed by atoms with E-state index in [1.54, 1.807) is 55.5 Å². The van der Waals surface area contributed by atoms with Gasteiger partial charge >= 0.3 is 43.7 Å². The van der Waals surface area contributed by atoms with Crippen molar-refractivity contribution in [2.75, 3.05) is 0 Å². The van der Waals surface area contributed by atoms with E-state index in [4.69, 9.17) is 5.11 Å². The van der Waals surface area contributed by atoms with E-state index in [2.05, 4.69) is 0 Å². The SMILES string of the molecule is C[C@H](C(=O)O)c1cccc(C(=O)c2ccccc2)c1.[Ca+2].[H-].[H-]. The van der Waals surface area contributed by atoms with Crippen molar-refractivity contribution in [1.29, 1.82) is 0 Å². The predicted molar refractivity (Wildman–Crippen MR) is 80.3 cm³/mol. The zero-order valence-corrected chi connectivity index (χ0v) is 13.5. The molecular formula is C16H16CaO3. The van der Waals surface area contributed by atoms with Crippen LogP contribution in [0.3, 0.4) is 0 Å². The van der Waals surface area contributed by atoms with Gasteiger partial charge in [-0.2, -0.15) is 0 Å². The van der Waals surface area contributed by atoms with Gasteiger partial charge in [-0.1, -0.05) is 48.5 Å². The van der Waals surface area contributed by atoms with E-state index >= 15 is 0 Å². The molecule has 2 aromatic rings. The molecule has 0 unspecified atom stereocenters. The zero-order valence-electron chi connectivity index (χ0n) is 13.2. The topological polar surface area (TPSA) is 54.4 Å². The van der Waals surface area contributed by atoms with Crippen LogP contribution in [0.2, 0.25) is 0 Å². The number of carbonyl (C=O) groups is 2. The molecule has 0 heterocycles. The third-order valence-corrected chi connectivity index (χ3v) is 3.06. The van der Waals surface area contributed by atoms with Gasteiger partial charge in [0, 0.05) is 11.1 Å². The summed E-state index contributed by atoms with van der Waals surface area (Å²) in [7, 11) is 0. The molecule has 2 rings (SSSR count). The summed E-state index contributed by atoms with van der Waals surface area (Å²) in [5, 5.41) is 9.00. The van der Waals surface area contributed by atoms with Gasteiger partial charge in [0.25, 0.3) is 0 Å². The molecule has 4 heteroatoms. The van der Waals surface area contributed by atoms with Gasteiger partial charge in [-0.15, -0.1) is 0 Å². The number of hydrogen-bond acceptors (Lipinski definition) is 2. The number of carboxylic acid groups (broad SMARTS) is 1. The number of carboxylic acids is 1. The van der Waals surface area contributed by atoms with Crippen molar-refractivity contribution in [2.45, 2.75) is 12.8 Å². The van der Waals surface area contributed by atoms with E-state index in [9.17, 15) is 9.59 Å². The smallest absolute Gasteiger partial charge is 1.00 e. The van der Waals surface area contributed by atoms with Crippen molar-refractivity contribution in [2.24, 2.45) is 0 Å². The quantitative estimate of drug-likeness (QED) is 0.697. The minimum absolute atomic E-state index is 0. The molecule has 0 aliphatic carbocycles. The fourth-order valence-electron chi connectivity index (χ4n) is 1.85. The van der Waals surface area contributed by atoms with Crippen LogP contribution in [0.15, 0.2) is 54.6 Å². The number of hydrogen-bond donors (Lipinski definition) is 1. The summed E-state index contributed by atoms with van der Waals surface area (Å²) < 4.78 is 0. The molecule has 0 saturated heterocycles. The molecule has 0 fully saturated rings. The molecule has 2 aromatic carbocycles. The Morgan fingerprint density at radius 1 is 1.00 bits per heavy atom. The summed E-state index contributed by atoms with van der Waals surface area (Å²) in [4.78, 5) is 23.2. The van der Waals surface area contributed by atoms with Gasteiger partial charge in [-0.3, -0.25) is 9.59 Å². The summed E-state index contributed by atoms with van der Waals surface area (Å²) in [6, 6.07) is 15.7. The monoisotopic (exact) mass is 296 g/mol. The summed E-state index contributed by atoms with van der Waals surface area (Å²) >= 11 is 0. The Hall–Kier alpha value is -1.16. The van der Waals surface area contributed by atoms with Crippen LogP contribution in [0.5, 0.6) is 0 Å². The van der Waals surface area contributed by atoms with E-state index in [0.29, 0.717) is 16.7 Å². The van der Waals surface area contributed by atoms with Crippen molar-refractivity contribution in [3.8, 4) is 0 Å². The first-order valence-electron chi connectivity index (χ1n) is 6.02. The van der Waals surface area contributed by atoms with Crippen LogP contribution in [0.25, 0.3) is 0 Å². The van der Waals surface area contributed by atoms with E-state index in [1.807, 2.05) is 6.07 Å². The first-order valence-corrected chi connectivity index (χ1v) is 6.02. The second-order valence-electron chi connectivity index (χ2n) is 4.38. The number of rotatable bonds is 4. The van der Waals surface area contributed by atoms with Gasteiger partial charge in [0.2, 0.25) is 0 Å². The van der Waals surface area contributed by atoms with Gasteiger partial charge in [0.15, 0.2) is 5.78 Å². The minimum atomic E-state index is -0.899. The summed E-state index contributed by atoms with van der Waals surface area (Å²) in [5.41, 5.74) is 1.74. The molecule has 0 aliphatic heterocycles. The van der Waals surface area contributed by atoms with Crippen LogP contribution in [0, 0.1) is 0 Å². The summed E-state index contributed by atoms with van der Waals surface area (Å²) in [6.45, 7) is 1.61. The molecule has 1 atom stereocenters. The second kappa shape index (κ2) is 7.58. The first kappa shape index (κ1) is 16.9. The minimum Gasteiger partial charge on any atom is -1.00 e. The zero-order chi connectivity index (χ0) is 13.8. The fourth-order valence-corrected chi connectivity index (χ4v) is 1.85. The Morgan fingerprint density at radius 3 is 2.20 bits per heavy atom. The van der Waals surface area contributed by atoms with Crippen LogP contribution in [0.4, 0.5) is 0 Å². The molecule has 100 valence electrons. The van der Waals surface area contributed by atoms with Crippen LogP contribution in [-0.4, -0.2) is 54.6 Å². The van der Waals surface area contributed by atoms with Crippen LogP contribution >= 0.6 is 0 Å². The molecular weight excluding hydrogens is 280 g/mol. The maximum absolute atomic E-state index is 12.2. The molecule has 0 bridgehead atoms. The third-order valence-electron chi connectivity index (χ3n) is 3.06. The van der Waals surface area contributed by atoms with E-state index in [0.717, 1.165) is 0 Å². The molecule has 0 saturated carbocycles. The Balaban J connectivity index is 0. The van der Waals surface area contributed by atoms with Crippen LogP contribution < -0.4 is 0 Å². The maximum atomic E-state index is 12.2. The molecule has 0 amide bonds. The Kier molecular flexibility index (Phi) is 6.40. The molecule has 3 nitrogen and oxygen atoms in total. The molecule has 0 spiro atoms. The van der Waals surface area contributed by atoms with Crippen LogP contribution in [-0.2, 0) is 4.79 Å². The van der Waals surface area contributed by atoms with Crippen molar-refractivity contribution in [3.05, 3.63) is 71.3 Å². The maximum Gasteiger partial charge on any atom is 2.00 e. The number of carbonyl (C=O) groups excluding carboxylic acids is 1. The number of aliphatic carboxylic acids is 1. The van der Waals surface area contributed by atoms with Gasteiger partial charge in [-0.25, -0.2) is 0 Å². The normalized spacial score (nSPS) is 11.2. The Morgan fingerprint density at radius 2 is 1.60 bits per heavy atom. The molecule has 20 heavy (non-hydrogen) atoms. The van der Waals surface area contributed by atoms with Crippen molar-refractivity contribution in [1.82, 2.24) is 0 Å². The van der Waals surface area contributed by atoms with Crippen LogP contribution in [0.1, 0.15) is 37.2 Å². The van der Waals surface area contributed by atoms with E-state index in [-0.39, 0.29) is 46.4 Å². The Labute approximate surface area is 150 Å².